The molecule has 0 spiro atoms. The predicted molar refractivity (Wildman–Crippen MR) is 184 cm³/mol. The van der Waals surface area contributed by atoms with Gasteiger partial charge in [-0.15, -0.1) is 22.7 Å². The molecule has 0 saturated heterocycles. The molecule has 0 aliphatic heterocycles. The molecule has 0 radical (unpaired) electrons. The Kier molecular flexibility index (Phi) is 9.16. The number of carbonyl (C=O) groups is 2. The van der Waals surface area contributed by atoms with Crippen LogP contribution in [-0.2, 0) is 0 Å². The fourth-order valence-corrected chi connectivity index (χ4v) is 7.48. The van der Waals surface area contributed by atoms with Gasteiger partial charge in [0.05, 0.1) is 0 Å². The van der Waals surface area contributed by atoms with Crippen LogP contribution in [0.4, 0.5) is 0 Å². The summed E-state index contributed by atoms with van der Waals surface area (Å²) in [7, 11) is 0. The molecule has 0 N–H and O–H groups in total. The number of ketones is 2. The lowest BCUT2D eigenvalue weighted by Gasteiger charge is -2.07. The van der Waals surface area contributed by atoms with Crippen molar-refractivity contribution in [1.82, 2.24) is 0 Å². The van der Waals surface area contributed by atoms with Crippen molar-refractivity contribution in [3.8, 4) is 0 Å². The van der Waals surface area contributed by atoms with Gasteiger partial charge in [-0.2, -0.15) is 0 Å². The zero-order valence-corrected chi connectivity index (χ0v) is 27.5. The molecule has 0 saturated carbocycles. The number of rotatable bonds is 8. The maximum absolute atomic E-state index is 12.6. The highest BCUT2D eigenvalue weighted by atomic mass is 127. The smallest absolute Gasteiger partial charge is 0.185 e. The zero-order chi connectivity index (χ0) is 27.5. The molecule has 1 aliphatic carbocycles. The normalized spacial score (nSPS) is 13.7. The van der Waals surface area contributed by atoms with E-state index in [0.29, 0.717) is 11.1 Å². The molecule has 0 amide bonds. The molecule has 1 aliphatic rings. The molecule has 0 atom stereocenters. The van der Waals surface area contributed by atoms with Gasteiger partial charge in [-0.05, 0) is 161 Å². The van der Waals surface area contributed by atoms with Crippen LogP contribution in [0.25, 0.3) is 23.3 Å². The van der Waals surface area contributed by atoms with Gasteiger partial charge in [0.2, 0.25) is 0 Å². The molecule has 4 aromatic rings. The highest BCUT2D eigenvalue weighted by Crippen LogP contribution is 2.45. The van der Waals surface area contributed by atoms with Gasteiger partial charge in [0.25, 0.3) is 0 Å². The van der Waals surface area contributed by atoms with Crippen molar-refractivity contribution in [1.29, 1.82) is 0 Å². The van der Waals surface area contributed by atoms with E-state index in [1.807, 2.05) is 60.7 Å². The molecule has 6 heteroatoms. The van der Waals surface area contributed by atoms with Gasteiger partial charge in [0, 0.05) is 37.8 Å². The minimum atomic E-state index is 0.0229. The molecule has 0 unspecified atom stereocenters. The fraction of sp³-hybridized carbons (Fsp3) is 0.152. The first-order chi connectivity index (χ1) is 18.8. The van der Waals surface area contributed by atoms with Crippen LogP contribution in [0.15, 0.2) is 72.8 Å². The SMILES string of the molecule is Cc1sc(/C=C/C(=O)c2ccc(I)cc2)cc1C1=C(c2cc(/C=C/C(=O)c3ccc(I)cc3)sc2C)CCC1. The van der Waals surface area contributed by atoms with E-state index in [0.717, 1.165) is 36.2 Å². The van der Waals surface area contributed by atoms with Gasteiger partial charge in [0.1, 0.15) is 0 Å². The van der Waals surface area contributed by atoms with Crippen molar-refractivity contribution in [2.24, 2.45) is 0 Å². The molecule has 2 heterocycles. The minimum Gasteiger partial charge on any atom is -0.289 e. The third-order valence-corrected chi connectivity index (χ3v) is 10.3. The van der Waals surface area contributed by atoms with Crippen LogP contribution in [-0.4, -0.2) is 11.6 Å². The lowest BCUT2D eigenvalue weighted by atomic mass is 9.97. The highest BCUT2D eigenvalue weighted by Gasteiger charge is 2.22. The first-order valence-corrected chi connectivity index (χ1v) is 16.5. The van der Waals surface area contributed by atoms with Crippen LogP contribution in [0.1, 0.15) is 70.6 Å². The van der Waals surface area contributed by atoms with Gasteiger partial charge in [-0.25, -0.2) is 0 Å². The maximum Gasteiger partial charge on any atom is 0.185 e. The summed E-state index contributed by atoms with van der Waals surface area (Å²) in [5.74, 6) is 0.0458. The van der Waals surface area contributed by atoms with E-state index < -0.39 is 0 Å². The summed E-state index contributed by atoms with van der Waals surface area (Å²) < 4.78 is 2.23. The van der Waals surface area contributed by atoms with Crippen molar-refractivity contribution in [2.75, 3.05) is 0 Å². The fourth-order valence-electron chi connectivity index (χ4n) is 4.85. The summed E-state index contributed by atoms with van der Waals surface area (Å²) >= 11 is 7.96. The molecule has 2 aromatic heterocycles. The van der Waals surface area contributed by atoms with Gasteiger partial charge < -0.3 is 0 Å². The van der Waals surface area contributed by atoms with Crippen LogP contribution in [0.5, 0.6) is 0 Å². The van der Waals surface area contributed by atoms with Crippen LogP contribution < -0.4 is 0 Å². The van der Waals surface area contributed by atoms with Crippen LogP contribution in [0.2, 0.25) is 0 Å². The van der Waals surface area contributed by atoms with E-state index in [1.54, 1.807) is 34.8 Å². The van der Waals surface area contributed by atoms with Crippen LogP contribution >= 0.6 is 67.9 Å². The number of hydrogen-bond acceptors (Lipinski definition) is 4. The number of benzene rings is 2. The minimum absolute atomic E-state index is 0.0229. The number of aryl methyl sites for hydroxylation is 2. The quantitative estimate of drug-likeness (QED) is 0.102. The van der Waals surface area contributed by atoms with Crippen molar-refractivity contribution < 1.29 is 9.59 Å². The summed E-state index contributed by atoms with van der Waals surface area (Å²) in [4.78, 5) is 30.0. The second kappa shape index (κ2) is 12.6. The third kappa shape index (κ3) is 6.78. The Morgan fingerprint density at radius 1 is 0.667 bits per heavy atom. The Morgan fingerprint density at radius 3 is 1.44 bits per heavy atom. The lowest BCUT2D eigenvalue weighted by molar-refractivity contribution is 0.103. The Balaban J connectivity index is 1.37. The molecule has 5 rings (SSSR count). The van der Waals surface area contributed by atoms with Gasteiger partial charge >= 0.3 is 0 Å². The number of halogens is 2. The molecule has 0 bridgehead atoms. The number of carbonyl (C=O) groups excluding carboxylic acids is 2. The van der Waals surface area contributed by atoms with Crippen LogP contribution in [0.3, 0.4) is 0 Å². The maximum atomic E-state index is 12.6. The van der Waals surface area contributed by atoms with E-state index in [1.165, 1.54) is 32.0 Å². The third-order valence-electron chi connectivity index (χ3n) is 6.80. The lowest BCUT2D eigenvalue weighted by Crippen LogP contribution is -1.93. The van der Waals surface area contributed by atoms with Gasteiger partial charge in [-0.3, -0.25) is 9.59 Å². The Hall–Kier alpha value is -2.14. The summed E-state index contributed by atoms with van der Waals surface area (Å²) in [6.07, 6.45) is 10.5. The van der Waals surface area contributed by atoms with Gasteiger partial charge in [-0.1, -0.05) is 24.3 Å². The van der Waals surface area contributed by atoms with Crippen molar-refractivity contribution in [3.05, 3.63) is 122 Å². The summed E-state index contributed by atoms with van der Waals surface area (Å²) in [5.41, 5.74) is 6.84. The standard InChI is InChI=1S/C33H26I2O2S2/c1-20-30(18-26(38-20)14-16-32(36)22-6-10-24(34)11-7-22)28-4-3-5-29(28)31-19-27(39-21(31)2)15-17-33(37)23-8-12-25(35)13-9-23/h6-19H,3-5H2,1-2H3/b16-14+,17-15+. The number of allylic oxidation sites excluding steroid dienone is 4. The Labute approximate surface area is 264 Å². The van der Waals surface area contributed by atoms with Crippen molar-refractivity contribution >= 4 is 103 Å². The zero-order valence-electron chi connectivity index (χ0n) is 21.6. The Bertz CT molecular complexity index is 1510. The molecule has 2 aromatic carbocycles. The molecular weight excluding hydrogens is 746 g/mol. The summed E-state index contributed by atoms with van der Waals surface area (Å²) in [6, 6.07) is 19.8. The molecular formula is C33H26I2O2S2. The second-order valence-corrected chi connectivity index (χ2v) is 14.5. The second-order valence-electron chi connectivity index (χ2n) is 9.46. The first-order valence-electron chi connectivity index (χ1n) is 12.7. The van der Waals surface area contributed by atoms with Crippen molar-refractivity contribution in [3.63, 3.8) is 0 Å². The van der Waals surface area contributed by atoms with Crippen LogP contribution in [0, 0.1) is 21.0 Å². The average molecular weight is 773 g/mol. The predicted octanol–water partition coefficient (Wildman–Crippen LogP) is 10.5. The van der Waals surface area contributed by atoms with E-state index >= 15 is 0 Å². The van der Waals surface area contributed by atoms with E-state index in [4.69, 9.17) is 0 Å². The largest absolute Gasteiger partial charge is 0.289 e. The molecule has 2 nitrogen and oxygen atoms in total. The summed E-state index contributed by atoms with van der Waals surface area (Å²) in [6.45, 7) is 4.35. The van der Waals surface area contributed by atoms with Gasteiger partial charge in [0.15, 0.2) is 11.6 Å². The monoisotopic (exact) mass is 772 g/mol. The van der Waals surface area contributed by atoms with E-state index in [-0.39, 0.29) is 11.6 Å². The molecule has 39 heavy (non-hydrogen) atoms. The highest BCUT2D eigenvalue weighted by molar-refractivity contribution is 14.1. The summed E-state index contributed by atoms with van der Waals surface area (Å²) in [5, 5.41) is 0. The number of hydrogen-bond donors (Lipinski definition) is 0. The first kappa shape index (κ1) is 28.4. The van der Waals surface area contributed by atoms with E-state index in [9.17, 15) is 9.59 Å². The van der Waals surface area contributed by atoms with E-state index in [2.05, 4.69) is 71.2 Å². The number of thiophene rings is 2. The Morgan fingerprint density at radius 2 is 1.05 bits per heavy atom. The topological polar surface area (TPSA) is 34.1 Å². The average Bonchev–Trinajstić information content (AvgIpc) is 3.64. The van der Waals surface area contributed by atoms with Crippen molar-refractivity contribution in [2.45, 2.75) is 33.1 Å². The molecule has 196 valence electrons. The molecule has 0 fully saturated rings.